The minimum atomic E-state index is -0.387. The summed E-state index contributed by atoms with van der Waals surface area (Å²) >= 11 is 6.18. The van der Waals surface area contributed by atoms with Crippen LogP contribution in [0.3, 0.4) is 0 Å². The van der Waals surface area contributed by atoms with Gasteiger partial charge < -0.3 is 9.47 Å². The summed E-state index contributed by atoms with van der Waals surface area (Å²) in [4.78, 5) is 11.3. The second kappa shape index (κ2) is 8.57. The van der Waals surface area contributed by atoms with Crippen LogP contribution in [0.25, 0.3) is 0 Å². The number of carbonyl (C=O) groups is 1. The maximum atomic E-state index is 11.3. The fraction of sp³-hybridized carbons (Fsp3) is 0.278. The van der Waals surface area contributed by atoms with E-state index in [0.717, 1.165) is 11.1 Å². The second-order valence-electron chi connectivity index (χ2n) is 4.95. The van der Waals surface area contributed by atoms with Crippen LogP contribution in [-0.2, 0) is 20.9 Å². The Morgan fingerprint density at radius 3 is 2.45 bits per heavy atom. The van der Waals surface area contributed by atoms with E-state index in [1.54, 1.807) is 6.07 Å². The number of hydrogen-bond acceptors (Lipinski definition) is 3. The number of carbonyl (C=O) groups excluding carboxylic acids is 1. The van der Waals surface area contributed by atoms with Crippen molar-refractivity contribution < 1.29 is 14.3 Å². The molecule has 0 saturated heterocycles. The lowest BCUT2D eigenvalue weighted by Crippen LogP contribution is -2.12. The van der Waals surface area contributed by atoms with Crippen LogP contribution in [0.1, 0.15) is 30.6 Å². The molecule has 4 heteroatoms. The van der Waals surface area contributed by atoms with Crippen LogP contribution in [0, 0.1) is 0 Å². The van der Waals surface area contributed by atoms with E-state index in [1.165, 1.54) is 6.92 Å². The average Bonchev–Trinajstić information content (AvgIpc) is 2.51. The largest absolute Gasteiger partial charge is 0.458 e. The molecule has 0 heterocycles. The first-order chi connectivity index (χ1) is 10.7. The molecule has 2 rings (SSSR count). The fourth-order valence-electron chi connectivity index (χ4n) is 2.17. The molecule has 0 aliphatic rings. The monoisotopic (exact) mass is 318 g/mol. The maximum Gasteiger partial charge on any atom is 0.303 e. The van der Waals surface area contributed by atoms with Crippen molar-refractivity contribution in [2.24, 2.45) is 0 Å². The lowest BCUT2D eigenvalue weighted by Gasteiger charge is -2.18. The van der Waals surface area contributed by atoms with Gasteiger partial charge in [-0.25, -0.2) is 0 Å². The highest BCUT2D eigenvalue weighted by Crippen LogP contribution is 2.28. The zero-order valence-electron chi connectivity index (χ0n) is 12.5. The van der Waals surface area contributed by atoms with Crippen molar-refractivity contribution in [2.75, 3.05) is 6.61 Å². The van der Waals surface area contributed by atoms with Gasteiger partial charge in [-0.1, -0.05) is 60.1 Å². The highest BCUT2D eigenvalue weighted by Gasteiger charge is 2.17. The van der Waals surface area contributed by atoms with E-state index in [-0.39, 0.29) is 12.1 Å². The van der Waals surface area contributed by atoms with E-state index in [2.05, 4.69) is 0 Å². The Kier molecular flexibility index (Phi) is 6.44. The standard InChI is InChI=1S/C18H19ClO3/c1-14(20)22-18(16-9-5-6-10-17(16)19)11-12-21-13-15-7-3-2-4-8-15/h2-10,18H,11-13H2,1H3/t18-/m0/s1. The first-order valence-electron chi connectivity index (χ1n) is 7.20. The van der Waals surface area contributed by atoms with Gasteiger partial charge in [-0.2, -0.15) is 0 Å². The maximum absolute atomic E-state index is 11.3. The molecule has 0 spiro atoms. The summed E-state index contributed by atoms with van der Waals surface area (Å²) in [6.07, 6.45) is 0.179. The van der Waals surface area contributed by atoms with Crippen molar-refractivity contribution in [3.8, 4) is 0 Å². The third kappa shape index (κ3) is 5.17. The van der Waals surface area contributed by atoms with Gasteiger partial charge >= 0.3 is 5.97 Å². The number of esters is 1. The molecule has 2 aromatic carbocycles. The molecule has 0 aliphatic carbocycles. The SMILES string of the molecule is CC(=O)O[C@@H](CCOCc1ccccc1)c1ccccc1Cl. The molecule has 0 radical (unpaired) electrons. The molecule has 0 fully saturated rings. The van der Waals surface area contributed by atoms with Crippen molar-refractivity contribution >= 4 is 17.6 Å². The Balaban J connectivity index is 1.90. The zero-order valence-corrected chi connectivity index (χ0v) is 13.3. The predicted octanol–water partition coefficient (Wildman–Crippen LogP) is 4.55. The van der Waals surface area contributed by atoms with E-state index in [0.29, 0.717) is 24.7 Å². The van der Waals surface area contributed by atoms with Gasteiger partial charge in [0.05, 0.1) is 13.2 Å². The smallest absolute Gasteiger partial charge is 0.303 e. The molecule has 0 bridgehead atoms. The molecule has 0 unspecified atom stereocenters. The van der Waals surface area contributed by atoms with Crippen molar-refractivity contribution in [3.05, 3.63) is 70.7 Å². The predicted molar refractivity (Wildman–Crippen MR) is 86.7 cm³/mol. The summed E-state index contributed by atoms with van der Waals surface area (Å²) in [6.45, 7) is 2.42. The van der Waals surface area contributed by atoms with E-state index in [4.69, 9.17) is 21.1 Å². The number of rotatable bonds is 7. The Morgan fingerprint density at radius 2 is 1.77 bits per heavy atom. The van der Waals surface area contributed by atoms with Crippen molar-refractivity contribution in [1.29, 1.82) is 0 Å². The third-order valence-electron chi connectivity index (χ3n) is 3.20. The van der Waals surface area contributed by atoms with Crippen molar-refractivity contribution in [2.45, 2.75) is 26.1 Å². The summed E-state index contributed by atoms with van der Waals surface area (Å²) in [5.41, 5.74) is 1.92. The zero-order chi connectivity index (χ0) is 15.8. The topological polar surface area (TPSA) is 35.5 Å². The molecule has 0 saturated carbocycles. The first kappa shape index (κ1) is 16.5. The quantitative estimate of drug-likeness (QED) is 0.555. The summed E-state index contributed by atoms with van der Waals surface area (Å²) in [7, 11) is 0. The molecule has 0 aromatic heterocycles. The molecule has 0 amide bonds. The molecule has 3 nitrogen and oxygen atoms in total. The number of benzene rings is 2. The average molecular weight is 319 g/mol. The normalized spacial score (nSPS) is 11.9. The van der Waals surface area contributed by atoms with E-state index in [9.17, 15) is 4.79 Å². The van der Waals surface area contributed by atoms with Crippen LogP contribution in [0.15, 0.2) is 54.6 Å². The second-order valence-corrected chi connectivity index (χ2v) is 5.35. The Labute approximate surface area is 135 Å². The highest BCUT2D eigenvalue weighted by atomic mass is 35.5. The van der Waals surface area contributed by atoms with Crippen LogP contribution in [0.4, 0.5) is 0 Å². The molecule has 22 heavy (non-hydrogen) atoms. The summed E-state index contributed by atoms with van der Waals surface area (Å²) in [6, 6.07) is 17.3. The van der Waals surface area contributed by atoms with Crippen molar-refractivity contribution in [3.63, 3.8) is 0 Å². The Bertz CT molecular complexity index is 598. The van der Waals surface area contributed by atoms with Crippen LogP contribution < -0.4 is 0 Å². The third-order valence-corrected chi connectivity index (χ3v) is 3.54. The molecular formula is C18H19ClO3. The van der Waals surface area contributed by atoms with Crippen LogP contribution in [-0.4, -0.2) is 12.6 Å². The number of halogens is 1. The van der Waals surface area contributed by atoms with Gasteiger partial charge in [-0.15, -0.1) is 0 Å². The summed E-state index contributed by atoms with van der Waals surface area (Å²) in [5, 5.41) is 0.594. The molecule has 0 N–H and O–H groups in total. The van der Waals surface area contributed by atoms with Crippen molar-refractivity contribution in [1.82, 2.24) is 0 Å². The Morgan fingerprint density at radius 1 is 1.09 bits per heavy atom. The minimum absolute atomic E-state index is 0.326. The summed E-state index contributed by atoms with van der Waals surface area (Å²) < 4.78 is 11.0. The van der Waals surface area contributed by atoms with Gasteiger partial charge in [0.1, 0.15) is 6.10 Å². The number of ether oxygens (including phenoxy) is 2. The van der Waals surface area contributed by atoms with E-state index >= 15 is 0 Å². The van der Waals surface area contributed by atoms with Gasteiger partial charge in [0.2, 0.25) is 0 Å². The van der Waals surface area contributed by atoms with E-state index < -0.39 is 0 Å². The van der Waals surface area contributed by atoms with Gasteiger partial charge in [0.25, 0.3) is 0 Å². The molecule has 1 atom stereocenters. The summed E-state index contributed by atoms with van der Waals surface area (Å²) in [5.74, 6) is -0.326. The molecule has 2 aromatic rings. The van der Waals surface area contributed by atoms with Crippen LogP contribution >= 0.6 is 11.6 Å². The fourth-order valence-corrected chi connectivity index (χ4v) is 2.43. The minimum Gasteiger partial charge on any atom is -0.458 e. The van der Waals surface area contributed by atoms with Gasteiger partial charge in [-0.3, -0.25) is 4.79 Å². The Hall–Kier alpha value is -1.84. The molecule has 116 valence electrons. The van der Waals surface area contributed by atoms with E-state index in [1.807, 2.05) is 48.5 Å². The van der Waals surface area contributed by atoms with Crippen LogP contribution in [0.5, 0.6) is 0 Å². The molecular weight excluding hydrogens is 300 g/mol. The first-order valence-corrected chi connectivity index (χ1v) is 7.58. The highest BCUT2D eigenvalue weighted by molar-refractivity contribution is 6.31. The number of hydrogen-bond donors (Lipinski definition) is 0. The molecule has 0 aliphatic heterocycles. The van der Waals surface area contributed by atoms with Crippen LogP contribution in [0.2, 0.25) is 5.02 Å². The van der Waals surface area contributed by atoms with Gasteiger partial charge in [0, 0.05) is 23.9 Å². The van der Waals surface area contributed by atoms with Gasteiger partial charge in [0.15, 0.2) is 0 Å². The lowest BCUT2D eigenvalue weighted by atomic mass is 10.1. The lowest BCUT2D eigenvalue weighted by molar-refractivity contribution is -0.147. The van der Waals surface area contributed by atoms with Gasteiger partial charge in [-0.05, 0) is 11.6 Å².